The molecule has 4 nitrogen and oxygen atoms in total. The molecule has 13 heavy (non-hydrogen) atoms. The third-order valence-electron chi connectivity index (χ3n) is 1.75. The first-order chi connectivity index (χ1) is 5.84. The van der Waals surface area contributed by atoms with Crippen LogP contribution < -0.4 is 0 Å². The molecule has 0 N–H and O–H groups in total. The van der Waals surface area contributed by atoms with E-state index < -0.39 is 11.6 Å². The van der Waals surface area contributed by atoms with Crippen LogP contribution in [0.5, 0.6) is 0 Å². The Morgan fingerprint density at radius 3 is 2.15 bits per heavy atom. The van der Waals surface area contributed by atoms with Gasteiger partial charge in [0, 0.05) is 20.3 Å². The Morgan fingerprint density at radius 1 is 1.31 bits per heavy atom. The van der Waals surface area contributed by atoms with Crippen molar-refractivity contribution in [1.82, 2.24) is 4.90 Å². The molecule has 4 heteroatoms. The highest BCUT2D eigenvalue weighted by Crippen LogP contribution is 2.25. The number of nitrogens with zero attached hydrogens (tertiary/aromatic N) is 1. The van der Waals surface area contributed by atoms with Crippen molar-refractivity contribution in [2.24, 2.45) is 0 Å². The van der Waals surface area contributed by atoms with E-state index >= 15 is 0 Å². The lowest BCUT2D eigenvalue weighted by atomic mass is 10.0. The predicted octanol–water partition coefficient (Wildman–Crippen LogP) is 0.336. The minimum Gasteiger partial charge on any atom is -0.448 e. The summed E-state index contributed by atoms with van der Waals surface area (Å²) in [5.41, 5.74) is -0.881. The molecular formula is C9H13NO3. The smallest absolute Gasteiger partial charge is 0.344 e. The molecule has 0 radical (unpaired) electrons. The van der Waals surface area contributed by atoms with Crippen LogP contribution in [-0.2, 0) is 14.3 Å². The zero-order chi connectivity index (χ0) is 10.2. The van der Waals surface area contributed by atoms with Gasteiger partial charge in [0.25, 0.3) is 0 Å². The van der Waals surface area contributed by atoms with E-state index in [4.69, 9.17) is 4.74 Å². The van der Waals surface area contributed by atoms with Gasteiger partial charge in [0.2, 0.25) is 5.78 Å². The summed E-state index contributed by atoms with van der Waals surface area (Å²) < 4.78 is 4.89. The molecule has 1 aliphatic rings. The Kier molecular flexibility index (Phi) is 2.15. The summed E-state index contributed by atoms with van der Waals surface area (Å²) in [7, 11) is 3.50. The summed E-state index contributed by atoms with van der Waals surface area (Å²) in [6.07, 6.45) is 1.49. The minimum absolute atomic E-state index is 0.120. The molecule has 0 amide bonds. The Morgan fingerprint density at radius 2 is 1.85 bits per heavy atom. The lowest BCUT2D eigenvalue weighted by molar-refractivity contribution is -0.147. The summed E-state index contributed by atoms with van der Waals surface area (Å²) in [6, 6.07) is 0. The molecule has 1 heterocycles. The van der Waals surface area contributed by atoms with E-state index in [1.165, 1.54) is 6.20 Å². The van der Waals surface area contributed by atoms with Gasteiger partial charge in [0.05, 0.1) is 0 Å². The SMILES string of the molecule is CN(C)C=C1C(=O)OC(C)(C)C1=O. The van der Waals surface area contributed by atoms with Crippen molar-refractivity contribution in [2.45, 2.75) is 19.4 Å². The molecule has 0 saturated carbocycles. The van der Waals surface area contributed by atoms with E-state index in [0.29, 0.717) is 0 Å². The number of carbonyl (C=O) groups excluding carboxylic acids is 2. The molecule has 0 spiro atoms. The average Bonchev–Trinajstić information content (AvgIpc) is 2.12. The zero-order valence-corrected chi connectivity index (χ0v) is 8.25. The molecule has 0 bridgehead atoms. The topological polar surface area (TPSA) is 46.6 Å². The maximum Gasteiger partial charge on any atom is 0.344 e. The zero-order valence-electron chi connectivity index (χ0n) is 8.25. The maximum absolute atomic E-state index is 11.5. The van der Waals surface area contributed by atoms with Gasteiger partial charge in [0.1, 0.15) is 5.57 Å². The monoisotopic (exact) mass is 183 g/mol. The third-order valence-corrected chi connectivity index (χ3v) is 1.75. The Bertz CT molecular complexity index is 289. The van der Waals surface area contributed by atoms with Gasteiger partial charge >= 0.3 is 5.97 Å². The minimum atomic E-state index is -1.00. The van der Waals surface area contributed by atoms with Gasteiger partial charge in [-0.3, -0.25) is 4.79 Å². The third kappa shape index (κ3) is 1.71. The quantitative estimate of drug-likeness (QED) is 0.334. The van der Waals surface area contributed by atoms with Gasteiger partial charge in [-0.15, -0.1) is 0 Å². The summed E-state index contributed by atoms with van der Waals surface area (Å²) in [4.78, 5) is 24.4. The van der Waals surface area contributed by atoms with Crippen molar-refractivity contribution in [3.63, 3.8) is 0 Å². The van der Waals surface area contributed by atoms with E-state index in [-0.39, 0.29) is 11.4 Å². The standard InChI is InChI=1S/C9H13NO3/c1-9(2)7(11)6(5-10(3)4)8(12)13-9/h5H,1-4H3. The second-order valence-corrected chi connectivity index (χ2v) is 3.74. The van der Waals surface area contributed by atoms with E-state index in [2.05, 4.69) is 0 Å². The number of Topliss-reactive ketones (excluding diaryl/α,β-unsaturated/α-hetero) is 1. The van der Waals surface area contributed by atoms with E-state index in [1.54, 1.807) is 32.8 Å². The molecule has 0 aromatic rings. The summed E-state index contributed by atoms with van der Waals surface area (Å²) >= 11 is 0. The molecule has 1 rings (SSSR count). The fourth-order valence-corrected chi connectivity index (χ4v) is 1.12. The summed E-state index contributed by atoms with van der Waals surface area (Å²) in [6.45, 7) is 3.17. The first kappa shape index (κ1) is 9.77. The van der Waals surface area contributed by atoms with Gasteiger partial charge in [-0.25, -0.2) is 4.79 Å². The summed E-state index contributed by atoms with van der Waals surface area (Å²) in [5, 5.41) is 0. The van der Waals surface area contributed by atoms with Gasteiger partial charge in [-0.2, -0.15) is 0 Å². The van der Waals surface area contributed by atoms with Crippen LogP contribution in [0.4, 0.5) is 0 Å². The van der Waals surface area contributed by atoms with Crippen LogP contribution in [0.3, 0.4) is 0 Å². The van der Waals surface area contributed by atoms with Gasteiger partial charge in [0.15, 0.2) is 5.60 Å². The van der Waals surface area contributed by atoms with Crippen LogP contribution in [0.2, 0.25) is 0 Å². The molecule has 0 unspecified atom stereocenters. The number of hydrogen-bond donors (Lipinski definition) is 0. The number of cyclic esters (lactones) is 1. The maximum atomic E-state index is 11.5. The van der Waals surface area contributed by atoms with Crippen molar-refractivity contribution in [1.29, 1.82) is 0 Å². The molecule has 1 fully saturated rings. The first-order valence-electron chi connectivity index (χ1n) is 4.01. The van der Waals surface area contributed by atoms with Crippen molar-refractivity contribution < 1.29 is 14.3 Å². The Hall–Kier alpha value is -1.32. The number of esters is 1. The Balaban J connectivity index is 3.03. The average molecular weight is 183 g/mol. The van der Waals surface area contributed by atoms with E-state index in [9.17, 15) is 9.59 Å². The number of rotatable bonds is 1. The van der Waals surface area contributed by atoms with Crippen LogP contribution in [0, 0.1) is 0 Å². The number of carbonyl (C=O) groups is 2. The van der Waals surface area contributed by atoms with Crippen molar-refractivity contribution in [2.75, 3.05) is 14.1 Å². The second kappa shape index (κ2) is 2.87. The molecule has 0 aliphatic carbocycles. The van der Waals surface area contributed by atoms with E-state index in [0.717, 1.165) is 0 Å². The van der Waals surface area contributed by atoms with Crippen molar-refractivity contribution in [3.05, 3.63) is 11.8 Å². The molecule has 1 saturated heterocycles. The number of hydrogen-bond acceptors (Lipinski definition) is 4. The van der Waals surface area contributed by atoms with E-state index in [1.807, 2.05) is 0 Å². The highest BCUT2D eigenvalue weighted by Gasteiger charge is 2.45. The van der Waals surface area contributed by atoms with Crippen molar-refractivity contribution in [3.8, 4) is 0 Å². The Labute approximate surface area is 77.2 Å². The van der Waals surface area contributed by atoms with Crippen LogP contribution in [0.15, 0.2) is 11.8 Å². The number of ether oxygens (including phenoxy) is 1. The van der Waals surface area contributed by atoms with Crippen LogP contribution in [0.25, 0.3) is 0 Å². The van der Waals surface area contributed by atoms with Crippen LogP contribution >= 0.6 is 0 Å². The highest BCUT2D eigenvalue weighted by molar-refractivity contribution is 6.24. The molecule has 0 aromatic carbocycles. The lowest BCUT2D eigenvalue weighted by Crippen LogP contribution is -2.27. The van der Waals surface area contributed by atoms with Crippen LogP contribution in [0.1, 0.15) is 13.8 Å². The highest BCUT2D eigenvalue weighted by atomic mass is 16.6. The molecule has 72 valence electrons. The summed E-state index contributed by atoms with van der Waals surface area (Å²) in [5.74, 6) is -0.796. The van der Waals surface area contributed by atoms with Crippen molar-refractivity contribution >= 4 is 11.8 Å². The molecule has 0 atom stereocenters. The second-order valence-electron chi connectivity index (χ2n) is 3.74. The van der Waals surface area contributed by atoms with Gasteiger partial charge < -0.3 is 9.64 Å². The molecular weight excluding hydrogens is 170 g/mol. The normalized spacial score (nSPS) is 23.5. The van der Waals surface area contributed by atoms with Crippen LogP contribution in [-0.4, -0.2) is 36.3 Å². The number of ketones is 1. The fraction of sp³-hybridized carbons (Fsp3) is 0.556. The lowest BCUT2D eigenvalue weighted by Gasteiger charge is -2.11. The molecule has 1 aliphatic heterocycles. The molecule has 0 aromatic heterocycles. The first-order valence-corrected chi connectivity index (χ1v) is 4.01. The fourth-order valence-electron chi connectivity index (χ4n) is 1.12. The largest absolute Gasteiger partial charge is 0.448 e. The van der Waals surface area contributed by atoms with Gasteiger partial charge in [-0.05, 0) is 13.8 Å². The predicted molar refractivity (Wildman–Crippen MR) is 46.9 cm³/mol. The van der Waals surface area contributed by atoms with Gasteiger partial charge in [-0.1, -0.05) is 0 Å².